The highest BCUT2D eigenvalue weighted by atomic mass is 16.5. The molecule has 4 heteroatoms. The van der Waals surface area contributed by atoms with E-state index in [1.54, 1.807) is 0 Å². The maximum Gasteiger partial charge on any atom is 0.309 e. The van der Waals surface area contributed by atoms with Gasteiger partial charge in [-0.3, -0.25) is 9.59 Å². The molecule has 0 heterocycles. The summed E-state index contributed by atoms with van der Waals surface area (Å²) in [5, 5.41) is 2.92. The summed E-state index contributed by atoms with van der Waals surface area (Å²) in [7, 11) is 0. The van der Waals surface area contributed by atoms with E-state index in [9.17, 15) is 9.59 Å². The number of carbonyl (C=O) groups is 2. The highest BCUT2D eigenvalue weighted by Crippen LogP contribution is 2.40. The second kappa shape index (κ2) is 9.91. The summed E-state index contributed by atoms with van der Waals surface area (Å²) in [5.41, 5.74) is 1.56. The summed E-state index contributed by atoms with van der Waals surface area (Å²) in [6.45, 7) is 8.60. The lowest BCUT2D eigenvalue weighted by Gasteiger charge is -2.36. The van der Waals surface area contributed by atoms with E-state index in [4.69, 9.17) is 4.74 Å². The molecule has 0 spiro atoms. The largest absolute Gasteiger partial charge is 0.455 e. The first-order valence-electron chi connectivity index (χ1n) is 10.3. The number of aryl methyl sites for hydroxylation is 1. The summed E-state index contributed by atoms with van der Waals surface area (Å²) in [5.74, 6) is 0.184. The van der Waals surface area contributed by atoms with Gasteiger partial charge in [-0.25, -0.2) is 0 Å². The minimum atomic E-state index is -0.215. The molecule has 1 aliphatic carbocycles. The molecule has 0 bridgehead atoms. The van der Waals surface area contributed by atoms with Gasteiger partial charge in [0.15, 0.2) is 6.61 Å². The van der Waals surface area contributed by atoms with Gasteiger partial charge in [0.1, 0.15) is 0 Å². The Hall–Kier alpha value is -1.84. The predicted octanol–water partition coefficient (Wildman–Crippen LogP) is 4.52. The number of hydrogen-bond donors (Lipinski definition) is 1. The number of ether oxygens (including phenoxy) is 1. The number of hydrogen-bond acceptors (Lipinski definition) is 3. The first-order valence-corrected chi connectivity index (χ1v) is 10.3. The number of nitrogens with one attached hydrogen (secondary N) is 1. The fraction of sp³-hybridized carbons (Fsp3) is 0.652. The van der Waals surface area contributed by atoms with Crippen molar-refractivity contribution in [2.24, 2.45) is 17.3 Å². The van der Waals surface area contributed by atoms with Crippen LogP contribution in [0.4, 0.5) is 0 Å². The van der Waals surface area contributed by atoms with Crippen LogP contribution in [-0.2, 0) is 20.7 Å². The summed E-state index contributed by atoms with van der Waals surface area (Å²) in [6, 6.07) is 10.3. The second-order valence-corrected chi connectivity index (χ2v) is 9.02. The van der Waals surface area contributed by atoms with Crippen LogP contribution in [-0.4, -0.2) is 24.5 Å². The lowest BCUT2D eigenvalue weighted by Crippen LogP contribution is -2.37. The second-order valence-electron chi connectivity index (χ2n) is 9.02. The third kappa shape index (κ3) is 7.36. The standard InChI is InChI=1S/C23H35NO3/c1-17(10-11-18-8-6-5-7-9-18)24-21(25)16-27-22(26)19-12-14-20(15-13-19)23(2,3)4/h5-9,17,19-20H,10-16H2,1-4H3,(H,24,25)/t17-,19?,20?/m0/s1. The van der Waals surface area contributed by atoms with Crippen molar-refractivity contribution in [2.45, 2.75) is 72.3 Å². The maximum absolute atomic E-state index is 12.3. The van der Waals surface area contributed by atoms with E-state index >= 15 is 0 Å². The summed E-state index contributed by atoms with van der Waals surface area (Å²) in [4.78, 5) is 24.3. The van der Waals surface area contributed by atoms with Crippen LogP contribution in [0, 0.1) is 17.3 Å². The molecule has 0 aliphatic heterocycles. The van der Waals surface area contributed by atoms with E-state index in [1.807, 2.05) is 25.1 Å². The zero-order valence-corrected chi connectivity index (χ0v) is 17.3. The van der Waals surface area contributed by atoms with Crippen molar-refractivity contribution >= 4 is 11.9 Å². The SMILES string of the molecule is C[C@@H](CCc1ccccc1)NC(=O)COC(=O)C1CCC(C(C)(C)C)CC1. The Morgan fingerprint density at radius 1 is 1.11 bits per heavy atom. The molecule has 1 aromatic carbocycles. The zero-order chi connectivity index (χ0) is 19.9. The monoisotopic (exact) mass is 373 g/mol. The van der Waals surface area contributed by atoms with E-state index in [0.717, 1.165) is 38.5 Å². The summed E-state index contributed by atoms with van der Waals surface area (Å²) >= 11 is 0. The Morgan fingerprint density at radius 2 is 1.74 bits per heavy atom. The highest BCUT2D eigenvalue weighted by molar-refractivity contribution is 5.81. The summed E-state index contributed by atoms with van der Waals surface area (Å²) in [6.07, 6.45) is 5.64. The molecule has 1 atom stereocenters. The topological polar surface area (TPSA) is 55.4 Å². The van der Waals surface area contributed by atoms with Gasteiger partial charge < -0.3 is 10.1 Å². The molecular weight excluding hydrogens is 338 g/mol. The third-order valence-corrected chi connectivity index (χ3v) is 5.75. The Kier molecular flexibility index (Phi) is 7.88. The molecule has 1 N–H and O–H groups in total. The molecule has 4 nitrogen and oxygen atoms in total. The normalized spacial score (nSPS) is 21.3. The van der Waals surface area contributed by atoms with Crippen LogP contribution >= 0.6 is 0 Å². The van der Waals surface area contributed by atoms with E-state index < -0.39 is 0 Å². The van der Waals surface area contributed by atoms with Gasteiger partial charge in [-0.2, -0.15) is 0 Å². The Morgan fingerprint density at radius 3 is 2.33 bits per heavy atom. The van der Waals surface area contributed by atoms with E-state index in [2.05, 4.69) is 38.2 Å². The van der Waals surface area contributed by atoms with Crippen molar-refractivity contribution in [3.63, 3.8) is 0 Å². The van der Waals surface area contributed by atoms with Crippen LogP contribution in [0.25, 0.3) is 0 Å². The molecule has 0 unspecified atom stereocenters. The molecule has 1 fully saturated rings. The predicted molar refractivity (Wildman–Crippen MR) is 108 cm³/mol. The van der Waals surface area contributed by atoms with Crippen LogP contribution in [0.2, 0.25) is 0 Å². The lowest BCUT2D eigenvalue weighted by atomic mass is 9.70. The fourth-order valence-corrected chi connectivity index (χ4v) is 3.87. The molecule has 1 aliphatic rings. The van der Waals surface area contributed by atoms with E-state index in [-0.39, 0.29) is 30.4 Å². The van der Waals surface area contributed by atoms with Crippen molar-refractivity contribution < 1.29 is 14.3 Å². The van der Waals surface area contributed by atoms with Gasteiger partial charge in [-0.1, -0.05) is 51.1 Å². The van der Waals surface area contributed by atoms with Crippen molar-refractivity contribution in [1.82, 2.24) is 5.32 Å². The van der Waals surface area contributed by atoms with Crippen LogP contribution < -0.4 is 5.32 Å². The first kappa shape index (κ1) is 21.5. The van der Waals surface area contributed by atoms with E-state index in [1.165, 1.54) is 5.56 Å². The molecule has 1 amide bonds. The summed E-state index contributed by atoms with van der Waals surface area (Å²) < 4.78 is 5.28. The molecule has 1 aromatic rings. The molecule has 27 heavy (non-hydrogen) atoms. The first-order chi connectivity index (χ1) is 12.8. The van der Waals surface area contributed by atoms with Crippen molar-refractivity contribution in [3.8, 4) is 0 Å². The molecule has 150 valence electrons. The van der Waals surface area contributed by atoms with Gasteiger partial charge in [0.05, 0.1) is 5.92 Å². The number of rotatable bonds is 7. The van der Waals surface area contributed by atoms with Gasteiger partial charge in [-0.15, -0.1) is 0 Å². The van der Waals surface area contributed by atoms with Crippen molar-refractivity contribution in [2.75, 3.05) is 6.61 Å². The molecule has 0 aromatic heterocycles. The number of benzene rings is 1. The highest BCUT2D eigenvalue weighted by Gasteiger charge is 2.33. The number of carbonyl (C=O) groups excluding carboxylic acids is 2. The smallest absolute Gasteiger partial charge is 0.309 e. The van der Waals surface area contributed by atoms with Crippen LogP contribution in [0.3, 0.4) is 0 Å². The van der Waals surface area contributed by atoms with Gasteiger partial charge in [0.2, 0.25) is 0 Å². The van der Waals surface area contributed by atoms with Crippen molar-refractivity contribution in [1.29, 1.82) is 0 Å². The third-order valence-electron chi connectivity index (χ3n) is 5.75. The van der Waals surface area contributed by atoms with Crippen LogP contribution in [0.1, 0.15) is 65.4 Å². The Labute approximate surface area is 164 Å². The molecule has 2 rings (SSSR count). The van der Waals surface area contributed by atoms with E-state index in [0.29, 0.717) is 11.3 Å². The average molecular weight is 374 g/mol. The minimum absolute atomic E-state index is 0.0492. The quantitative estimate of drug-likeness (QED) is 0.715. The molecule has 0 radical (unpaired) electrons. The molecule has 1 saturated carbocycles. The van der Waals surface area contributed by atoms with Gasteiger partial charge in [-0.05, 0) is 62.3 Å². The average Bonchev–Trinajstić information content (AvgIpc) is 2.64. The van der Waals surface area contributed by atoms with Crippen LogP contribution in [0.15, 0.2) is 30.3 Å². The Bertz CT molecular complexity index is 598. The lowest BCUT2D eigenvalue weighted by molar-refractivity contribution is -0.154. The van der Waals surface area contributed by atoms with Gasteiger partial charge >= 0.3 is 5.97 Å². The Balaban J connectivity index is 1.64. The van der Waals surface area contributed by atoms with Crippen molar-refractivity contribution in [3.05, 3.63) is 35.9 Å². The van der Waals surface area contributed by atoms with Gasteiger partial charge in [0, 0.05) is 6.04 Å². The number of esters is 1. The fourth-order valence-electron chi connectivity index (χ4n) is 3.87. The molecule has 0 saturated heterocycles. The van der Waals surface area contributed by atoms with Crippen LogP contribution in [0.5, 0.6) is 0 Å². The van der Waals surface area contributed by atoms with Gasteiger partial charge in [0.25, 0.3) is 5.91 Å². The maximum atomic E-state index is 12.3. The zero-order valence-electron chi connectivity index (χ0n) is 17.3. The number of amides is 1. The molecular formula is C23H35NO3. The minimum Gasteiger partial charge on any atom is -0.455 e.